The number of hydrogen-bond acceptors (Lipinski definition) is 3. The minimum atomic E-state index is 0.329. The van der Waals surface area contributed by atoms with E-state index in [1.807, 2.05) is 11.3 Å². The SMILES string of the molecule is CNC1CCC(C2(c3cc(Br)cs3)COC2)CC1. The van der Waals surface area contributed by atoms with Crippen molar-refractivity contribution in [3.05, 3.63) is 20.8 Å². The Morgan fingerprint density at radius 2 is 2.06 bits per heavy atom. The normalized spacial score (nSPS) is 31.0. The highest BCUT2D eigenvalue weighted by atomic mass is 79.9. The van der Waals surface area contributed by atoms with Crippen LogP contribution in [0.2, 0.25) is 0 Å². The van der Waals surface area contributed by atoms with Gasteiger partial charge in [-0.2, -0.15) is 0 Å². The Labute approximate surface area is 121 Å². The number of nitrogens with one attached hydrogen (secondary N) is 1. The van der Waals surface area contributed by atoms with Crippen molar-refractivity contribution in [2.75, 3.05) is 20.3 Å². The molecule has 1 aliphatic heterocycles. The van der Waals surface area contributed by atoms with Gasteiger partial charge in [0, 0.05) is 20.8 Å². The highest BCUT2D eigenvalue weighted by Crippen LogP contribution is 2.48. The zero-order valence-corrected chi connectivity index (χ0v) is 13.1. The van der Waals surface area contributed by atoms with Crippen LogP contribution in [0.1, 0.15) is 30.6 Å². The van der Waals surface area contributed by atoms with Crippen molar-refractivity contribution in [2.24, 2.45) is 5.92 Å². The number of rotatable bonds is 3. The van der Waals surface area contributed by atoms with Gasteiger partial charge in [0.15, 0.2) is 0 Å². The molecule has 100 valence electrons. The molecule has 1 N–H and O–H groups in total. The fourth-order valence-electron chi connectivity index (χ4n) is 3.41. The van der Waals surface area contributed by atoms with E-state index in [-0.39, 0.29) is 0 Å². The van der Waals surface area contributed by atoms with Gasteiger partial charge in [-0.3, -0.25) is 0 Å². The van der Waals surface area contributed by atoms with Gasteiger partial charge in [-0.1, -0.05) is 0 Å². The molecule has 0 unspecified atom stereocenters. The molecule has 2 fully saturated rings. The minimum absolute atomic E-state index is 0.329. The molecule has 0 amide bonds. The van der Waals surface area contributed by atoms with E-state index in [0.717, 1.165) is 25.2 Å². The topological polar surface area (TPSA) is 21.3 Å². The second kappa shape index (κ2) is 5.23. The van der Waals surface area contributed by atoms with Crippen LogP contribution in [0, 0.1) is 5.92 Å². The fourth-order valence-corrected chi connectivity index (χ4v) is 5.09. The molecule has 18 heavy (non-hydrogen) atoms. The fraction of sp³-hybridized carbons (Fsp3) is 0.714. The molecule has 3 rings (SSSR count). The van der Waals surface area contributed by atoms with Crippen molar-refractivity contribution in [3.8, 4) is 0 Å². The maximum atomic E-state index is 5.58. The van der Waals surface area contributed by atoms with Crippen LogP contribution in [0.5, 0.6) is 0 Å². The first-order chi connectivity index (χ1) is 8.74. The lowest BCUT2D eigenvalue weighted by Crippen LogP contribution is -2.53. The van der Waals surface area contributed by atoms with Gasteiger partial charge in [0.25, 0.3) is 0 Å². The number of thiophene rings is 1. The zero-order valence-electron chi connectivity index (χ0n) is 10.7. The van der Waals surface area contributed by atoms with Gasteiger partial charge in [-0.15, -0.1) is 11.3 Å². The first kappa shape index (κ1) is 13.1. The number of ether oxygens (including phenoxy) is 1. The predicted molar refractivity (Wildman–Crippen MR) is 79.3 cm³/mol. The van der Waals surface area contributed by atoms with Crippen molar-refractivity contribution in [1.82, 2.24) is 5.32 Å². The summed E-state index contributed by atoms with van der Waals surface area (Å²) >= 11 is 5.47. The number of halogens is 1. The van der Waals surface area contributed by atoms with E-state index in [9.17, 15) is 0 Å². The summed E-state index contributed by atoms with van der Waals surface area (Å²) < 4.78 is 6.80. The van der Waals surface area contributed by atoms with E-state index in [1.165, 1.54) is 35.0 Å². The highest BCUT2D eigenvalue weighted by Gasteiger charge is 2.48. The van der Waals surface area contributed by atoms with Crippen LogP contribution in [-0.2, 0) is 10.2 Å². The lowest BCUT2D eigenvalue weighted by Gasteiger charge is -2.49. The Morgan fingerprint density at radius 3 is 2.50 bits per heavy atom. The zero-order chi connectivity index (χ0) is 12.6. The Kier molecular flexibility index (Phi) is 3.81. The maximum Gasteiger partial charge on any atom is 0.0596 e. The first-order valence-corrected chi connectivity index (χ1v) is 8.41. The van der Waals surface area contributed by atoms with E-state index >= 15 is 0 Å². The molecule has 2 heterocycles. The van der Waals surface area contributed by atoms with Gasteiger partial charge in [-0.25, -0.2) is 0 Å². The van der Waals surface area contributed by atoms with E-state index in [2.05, 4.69) is 39.7 Å². The standard InChI is InChI=1S/C14H20BrNOS/c1-16-12-4-2-10(3-5-12)14(8-17-9-14)13-6-11(15)7-18-13/h6-7,10,12,16H,2-5,8-9H2,1H3. The molecule has 0 atom stereocenters. The monoisotopic (exact) mass is 329 g/mol. The summed E-state index contributed by atoms with van der Waals surface area (Å²) in [6.07, 6.45) is 5.31. The summed E-state index contributed by atoms with van der Waals surface area (Å²) in [6.45, 7) is 1.85. The maximum absolute atomic E-state index is 5.58. The van der Waals surface area contributed by atoms with Crippen molar-refractivity contribution in [1.29, 1.82) is 0 Å². The highest BCUT2D eigenvalue weighted by molar-refractivity contribution is 9.10. The third kappa shape index (κ3) is 2.17. The van der Waals surface area contributed by atoms with Gasteiger partial charge < -0.3 is 10.1 Å². The predicted octanol–water partition coefficient (Wildman–Crippen LogP) is 3.56. The minimum Gasteiger partial charge on any atom is -0.379 e. The second-order valence-electron chi connectivity index (χ2n) is 5.62. The summed E-state index contributed by atoms with van der Waals surface area (Å²) in [5, 5.41) is 5.62. The van der Waals surface area contributed by atoms with Crippen LogP contribution in [0.15, 0.2) is 15.9 Å². The third-order valence-corrected chi connectivity index (χ3v) is 6.61. The van der Waals surface area contributed by atoms with Gasteiger partial charge in [0.05, 0.1) is 18.6 Å². The lowest BCUT2D eigenvalue weighted by molar-refractivity contribution is -0.0969. The average molecular weight is 330 g/mol. The molecule has 1 saturated heterocycles. The Morgan fingerprint density at radius 1 is 1.33 bits per heavy atom. The van der Waals surface area contributed by atoms with Crippen molar-refractivity contribution < 1.29 is 4.74 Å². The van der Waals surface area contributed by atoms with Crippen LogP contribution in [0.25, 0.3) is 0 Å². The van der Waals surface area contributed by atoms with E-state index in [4.69, 9.17) is 4.74 Å². The summed E-state index contributed by atoms with van der Waals surface area (Å²) in [5.74, 6) is 0.807. The molecule has 2 nitrogen and oxygen atoms in total. The van der Waals surface area contributed by atoms with Crippen LogP contribution in [0.3, 0.4) is 0 Å². The lowest BCUT2D eigenvalue weighted by atomic mass is 9.66. The summed E-state index contributed by atoms with van der Waals surface area (Å²) in [5.41, 5.74) is 0.329. The Balaban J connectivity index is 1.76. The van der Waals surface area contributed by atoms with Crippen molar-refractivity contribution in [3.63, 3.8) is 0 Å². The molecular weight excluding hydrogens is 310 g/mol. The summed E-state index contributed by atoms with van der Waals surface area (Å²) in [6, 6.07) is 3.03. The Hall–Kier alpha value is 0.1000. The van der Waals surface area contributed by atoms with Crippen LogP contribution < -0.4 is 5.32 Å². The molecule has 0 spiro atoms. The molecule has 2 aliphatic rings. The molecular formula is C14H20BrNOS. The van der Waals surface area contributed by atoms with Gasteiger partial charge in [0.1, 0.15) is 0 Å². The molecule has 0 aromatic carbocycles. The molecule has 1 aromatic heterocycles. The third-order valence-electron chi connectivity index (χ3n) is 4.69. The average Bonchev–Trinajstić information content (AvgIpc) is 2.76. The van der Waals surface area contributed by atoms with E-state index < -0.39 is 0 Å². The molecule has 0 radical (unpaired) electrons. The smallest absolute Gasteiger partial charge is 0.0596 e. The van der Waals surface area contributed by atoms with Gasteiger partial charge >= 0.3 is 0 Å². The van der Waals surface area contributed by atoms with Gasteiger partial charge in [0.2, 0.25) is 0 Å². The first-order valence-electron chi connectivity index (χ1n) is 6.74. The second-order valence-corrected chi connectivity index (χ2v) is 7.44. The summed E-state index contributed by atoms with van der Waals surface area (Å²) in [7, 11) is 2.09. The molecule has 4 heteroatoms. The molecule has 1 saturated carbocycles. The van der Waals surface area contributed by atoms with E-state index in [0.29, 0.717) is 5.41 Å². The quantitative estimate of drug-likeness (QED) is 0.915. The molecule has 1 aliphatic carbocycles. The van der Waals surface area contributed by atoms with E-state index in [1.54, 1.807) is 0 Å². The van der Waals surface area contributed by atoms with Crippen LogP contribution >= 0.6 is 27.3 Å². The van der Waals surface area contributed by atoms with Gasteiger partial charge in [-0.05, 0) is 60.6 Å². The van der Waals surface area contributed by atoms with Crippen molar-refractivity contribution in [2.45, 2.75) is 37.1 Å². The van der Waals surface area contributed by atoms with Crippen LogP contribution in [-0.4, -0.2) is 26.3 Å². The number of hydrogen-bond donors (Lipinski definition) is 1. The molecule has 1 aromatic rings. The summed E-state index contributed by atoms with van der Waals surface area (Å²) in [4.78, 5) is 1.52. The Bertz CT molecular complexity index is 408. The molecule has 0 bridgehead atoms. The van der Waals surface area contributed by atoms with Crippen LogP contribution in [0.4, 0.5) is 0 Å². The largest absolute Gasteiger partial charge is 0.379 e. The van der Waals surface area contributed by atoms with Crippen molar-refractivity contribution >= 4 is 27.3 Å².